The third-order valence-corrected chi connectivity index (χ3v) is 5.90. The molecule has 1 aliphatic carbocycles. The Morgan fingerprint density at radius 1 is 0.730 bits per heavy atom. The van der Waals surface area contributed by atoms with Gasteiger partial charge in [0.25, 0.3) is 0 Å². The molecule has 0 amide bonds. The highest BCUT2D eigenvalue weighted by molar-refractivity contribution is 6.11. The van der Waals surface area contributed by atoms with E-state index in [0.717, 1.165) is 6.08 Å². The van der Waals surface area contributed by atoms with Gasteiger partial charge in [0.15, 0.2) is 6.10 Å². The maximum atomic E-state index is 13.3. The van der Waals surface area contributed by atoms with E-state index in [0.29, 0.717) is 0 Å². The Hall–Kier alpha value is -4.98. The molecule has 4 rings (SSSR count). The van der Waals surface area contributed by atoms with Crippen LogP contribution < -0.4 is 0 Å². The molecule has 3 aromatic carbocycles. The van der Waals surface area contributed by atoms with Crippen molar-refractivity contribution in [3.05, 3.63) is 125 Å². The fourth-order valence-corrected chi connectivity index (χ4v) is 3.93. The number of carbonyl (C=O) groups is 4. The van der Waals surface area contributed by atoms with Crippen LogP contribution in [0.4, 0.5) is 0 Å². The van der Waals surface area contributed by atoms with Crippen LogP contribution >= 0.6 is 0 Å². The first-order chi connectivity index (χ1) is 17.7. The highest BCUT2D eigenvalue weighted by atomic mass is 16.6. The van der Waals surface area contributed by atoms with Crippen LogP contribution in [0.1, 0.15) is 33.2 Å². The molecule has 2 atom stereocenters. The monoisotopic (exact) mass is 498 g/mol. The van der Waals surface area contributed by atoms with E-state index in [1.807, 2.05) is 0 Å². The predicted octanol–water partition coefficient (Wildman–Crippen LogP) is 4.39. The molecule has 0 bridgehead atoms. The van der Waals surface area contributed by atoms with E-state index >= 15 is 0 Å². The zero-order chi connectivity index (χ0) is 26.6. The molecule has 8 nitrogen and oxygen atoms in total. The number of aliphatic hydroxyl groups excluding tert-OH is 1. The molecule has 8 heteroatoms. The van der Waals surface area contributed by atoms with Gasteiger partial charge in [-0.1, -0.05) is 66.7 Å². The second kappa shape index (κ2) is 10.3. The van der Waals surface area contributed by atoms with Crippen molar-refractivity contribution in [2.24, 2.45) is 0 Å². The normalized spacial score (nSPS) is 20.4. The first kappa shape index (κ1) is 25.1. The van der Waals surface area contributed by atoms with Crippen molar-refractivity contribution in [1.29, 1.82) is 0 Å². The summed E-state index contributed by atoms with van der Waals surface area (Å²) in [5.74, 6) is -4.82. The lowest BCUT2D eigenvalue weighted by Crippen LogP contribution is -2.55. The summed E-state index contributed by atoms with van der Waals surface area (Å²) in [6, 6.07) is 23.6. The van der Waals surface area contributed by atoms with Crippen LogP contribution in [0.5, 0.6) is 0 Å². The van der Waals surface area contributed by atoms with E-state index in [4.69, 9.17) is 9.47 Å². The van der Waals surface area contributed by atoms with Crippen LogP contribution in [0.3, 0.4) is 0 Å². The zero-order valence-electron chi connectivity index (χ0n) is 19.7. The molecule has 0 fully saturated rings. The van der Waals surface area contributed by atoms with Gasteiger partial charge in [0.2, 0.25) is 11.4 Å². The molecule has 0 heterocycles. The number of ether oxygens (including phenoxy) is 2. The number of carboxylic acids is 1. The smallest absolute Gasteiger partial charge is 0.339 e. The van der Waals surface area contributed by atoms with Gasteiger partial charge in [-0.15, -0.1) is 0 Å². The van der Waals surface area contributed by atoms with Gasteiger partial charge in [-0.2, -0.15) is 0 Å². The second-order valence-corrected chi connectivity index (χ2v) is 8.37. The Bertz CT molecular complexity index is 1410. The molecule has 0 spiro atoms. The Labute approximate surface area is 212 Å². The summed E-state index contributed by atoms with van der Waals surface area (Å²) >= 11 is 0. The number of aliphatic carboxylic acids is 1. The molecule has 0 aromatic heterocycles. The summed E-state index contributed by atoms with van der Waals surface area (Å²) in [6.07, 6.45) is -1.03. The number of carbonyl (C=O) groups excluding carboxylic acids is 3. The number of ketones is 1. The highest BCUT2D eigenvalue weighted by Gasteiger charge is 2.54. The van der Waals surface area contributed by atoms with Gasteiger partial charge in [0.1, 0.15) is 5.76 Å². The molecule has 186 valence electrons. The van der Waals surface area contributed by atoms with Crippen molar-refractivity contribution in [1.82, 2.24) is 0 Å². The Morgan fingerprint density at radius 3 is 1.68 bits per heavy atom. The number of benzene rings is 3. The Kier molecular flexibility index (Phi) is 7.01. The lowest BCUT2D eigenvalue weighted by atomic mass is 9.77. The quantitative estimate of drug-likeness (QED) is 0.378. The summed E-state index contributed by atoms with van der Waals surface area (Å²) in [7, 11) is 0. The molecule has 0 aliphatic heterocycles. The van der Waals surface area contributed by atoms with Gasteiger partial charge in [-0.25, -0.2) is 14.4 Å². The number of hydrogen-bond acceptors (Lipinski definition) is 7. The lowest BCUT2D eigenvalue weighted by molar-refractivity contribution is -0.144. The minimum Gasteiger partial charge on any atom is -0.507 e. The molecule has 0 radical (unpaired) electrons. The van der Waals surface area contributed by atoms with Gasteiger partial charge in [0, 0.05) is 11.6 Å². The highest BCUT2D eigenvalue weighted by Crippen LogP contribution is 2.39. The van der Waals surface area contributed by atoms with Gasteiger partial charge in [-0.3, -0.25) is 4.79 Å². The summed E-state index contributed by atoms with van der Waals surface area (Å²) < 4.78 is 11.3. The predicted molar refractivity (Wildman–Crippen MR) is 133 cm³/mol. The summed E-state index contributed by atoms with van der Waals surface area (Å²) in [5.41, 5.74) is -2.74. The third kappa shape index (κ3) is 5.04. The molecule has 2 unspecified atom stereocenters. The molecule has 0 saturated carbocycles. The first-order valence-corrected chi connectivity index (χ1v) is 11.2. The number of esters is 2. The van der Waals surface area contributed by atoms with E-state index < -0.39 is 46.7 Å². The Balaban J connectivity index is 1.90. The summed E-state index contributed by atoms with van der Waals surface area (Å²) in [6.45, 7) is 1.21. The standard InChI is InChI=1S/C29H22O8/c1-29(37-28(35)20-15-9-4-10-16-20)22(30)17-21(26(32)33)23(24(31)18-11-5-2-6-12-18)25(29)36-27(34)19-13-7-3-8-14-19/h2-17,25,31H,1H3,(H,32,33). The number of rotatable bonds is 6. The largest absolute Gasteiger partial charge is 0.507 e. The average molecular weight is 498 g/mol. The van der Waals surface area contributed by atoms with Crippen molar-refractivity contribution >= 4 is 29.5 Å². The van der Waals surface area contributed by atoms with Crippen LogP contribution in [0, 0.1) is 0 Å². The van der Waals surface area contributed by atoms with E-state index in [9.17, 15) is 29.4 Å². The van der Waals surface area contributed by atoms with Crippen LogP contribution in [-0.4, -0.2) is 45.6 Å². The molecule has 1 aliphatic rings. The molecular weight excluding hydrogens is 476 g/mol. The molecule has 37 heavy (non-hydrogen) atoms. The average Bonchev–Trinajstić information content (AvgIpc) is 2.92. The third-order valence-electron chi connectivity index (χ3n) is 5.90. The zero-order valence-corrected chi connectivity index (χ0v) is 19.7. The van der Waals surface area contributed by atoms with Crippen molar-refractivity contribution < 1.29 is 38.9 Å². The molecule has 3 aromatic rings. The molecule has 0 saturated heterocycles. The number of carboxylic acid groups (broad SMARTS) is 1. The van der Waals surface area contributed by atoms with E-state index in [2.05, 4.69) is 0 Å². The number of hydrogen-bond donors (Lipinski definition) is 2. The lowest BCUT2D eigenvalue weighted by Gasteiger charge is -2.39. The van der Waals surface area contributed by atoms with Crippen LogP contribution in [0.15, 0.2) is 108 Å². The van der Waals surface area contributed by atoms with Crippen molar-refractivity contribution in [3.63, 3.8) is 0 Å². The molecule has 2 N–H and O–H groups in total. The minimum absolute atomic E-state index is 0.108. The van der Waals surface area contributed by atoms with E-state index in [-0.39, 0.29) is 22.3 Å². The SMILES string of the molecule is CC1(OC(=O)c2ccccc2)C(=O)C=C(C(=O)O)C(=C(O)c2ccccc2)C1OC(=O)c1ccccc1. The Morgan fingerprint density at radius 2 is 1.19 bits per heavy atom. The fourth-order valence-electron chi connectivity index (χ4n) is 3.93. The van der Waals surface area contributed by atoms with Crippen LogP contribution in [0.2, 0.25) is 0 Å². The first-order valence-electron chi connectivity index (χ1n) is 11.2. The van der Waals surface area contributed by atoms with Gasteiger partial charge in [-0.05, 0) is 31.2 Å². The summed E-state index contributed by atoms with van der Waals surface area (Å²) in [4.78, 5) is 51.6. The van der Waals surface area contributed by atoms with Crippen LogP contribution in [-0.2, 0) is 19.1 Å². The van der Waals surface area contributed by atoms with Crippen molar-refractivity contribution in [3.8, 4) is 0 Å². The van der Waals surface area contributed by atoms with Crippen molar-refractivity contribution in [2.75, 3.05) is 0 Å². The number of aliphatic hydroxyl groups is 1. The van der Waals surface area contributed by atoms with Gasteiger partial charge in [0.05, 0.1) is 22.3 Å². The van der Waals surface area contributed by atoms with E-state index in [1.165, 1.54) is 43.3 Å². The van der Waals surface area contributed by atoms with Gasteiger partial charge < -0.3 is 19.7 Å². The molecular formula is C29H22O8. The van der Waals surface area contributed by atoms with Gasteiger partial charge >= 0.3 is 17.9 Å². The van der Waals surface area contributed by atoms with Crippen LogP contribution in [0.25, 0.3) is 5.76 Å². The van der Waals surface area contributed by atoms with Crippen molar-refractivity contribution in [2.45, 2.75) is 18.6 Å². The topological polar surface area (TPSA) is 127 Å². The summed E-state index contributed by atoms with van der Waals surface area (Å²) in [5, 5.41) is 21.1. The second-order valence-electron chi connectivity index (χ2n) is 8.37. The van der Waals surface area contributed by atoms with E-state index in [1.54, 1.807) is 54.6 Å². The minimum atomic E-state index is -2.20. The maximum Gasteiger partial charge on any atom is 0.339 e. The maximum absolute atomic E-state index is 13.3. The fraction of sp³-hybridized carbons (Fsp3) is 0.103.